The highest BCUT2D eigenvalue weighted by Crippen LogP contribution is 2.32. The SMILES string of the molecule is C=CCN1C[C@H](C)N(C(c2cccc(C(=O)N(CC)c3ccc(F)cc3)c2)n2nnc3ccccc32)C[C@H]1C. The van der Waals surface area contributed by atoms with E-state index in [0.717, 1.165) is 36.2 Å². The average Bonchev–Trinajstić information content (AvgIpc) is 3.37. The Morgan fingerprint density at radius 3 is 2.59 bits per heavy atom. The van der Waals surface area contributed by atoms with Crippen LogP contribution >= 0.6 is 0 Å². The van der Waals surface area contributed by atoms with Crippen LogP contribution in [-0.4, -0.2) is 69.0 Å². The second kappa shape index (κ2) is 11.5. The fourth-order valence-corrected chi connectivity index (χ4v) is 5.58. The Morgan fingerprint density at radius 2 is 1.85 bits per heavy atom. The van der Waals surface area contributed by atoms with Gasteiger partial charge >= 0.3 is 0 Å². The van der Waals surface area contributed by atoms with Crippen molar-refractivity contribution in [3.8, 4) is 0 Å². The van der Waals surface area contributed by atoms with Crippen molar-refractivity contribution in [3.05, 3.63) is 102 Å². The van der Waals surface area contributed by atoms with Crippen LogP contribution in [-0.2, 0) is 0 Å². The molecular formula is C31H35FN6O. The molecule has 4 aromatic rings. The summed E-state index contributed by atoms with van der Waals surface area (Å²) >= 11 is 0. The van der Waals surface area contributed by atoms with Crippen molar-refractivity contribution in [2.45, 2.75) is 39.0 Å². The van der Waals surface area contributed by atoms with E-state index >= 15 is 0 Å². The fourth-order valence-electron chi connectivity index (χ4n) is 5.58. The Bertz CT molecular complexity index is 1450. The molecule has 0 radical (unpaired) electrons. The van der Waals surface area contributed by atoms with Gasteiger partial charge in [0.2, 0.25) is 0 Å². The monoisotopic (exact) mass is 526 g/mol. The van der Waals surface area contributed by atoms with Crippen molar-refractivity contribution < 1.29 is 9.18 Å². The van der Waals surface area contributed by atoms with Crippen LogP contribution in [0.5, 0.6) is 0 Å². The summed E-state index contributed by atoms with van der Waals surface area (Å²) in [5.41, 5.74) is 3.96. The number of nitrogens with zero attached hydrogens (tertiary/aromatic N) is 6. The number of rotatable bonds is 8. The van der Waals surface area contributed by atoms with Gasteiger partial charge in [0.25, 0.3) is 5.91 Å². The fraction of sp³-hybridized carbons (Fsp3) is 0.323. The molecule has 39 heavy (non-hydrogen) atoms. The molecule has 3 atom stereocenters. The van der Waals surface area contributed by atoms with E-state index in [1.807, 2.05) is 60.1 Å². The lowest BCUT2D eigenvalue weighted by Crippen LogP contribution is -2.58. The lowest BCUT2D eigenvalue weighted by atomic mass is 10.0. The van der Waals surface area contributed by atoms with E-state index < -0.39 is 0 Å². The van der Waals surface area contributed by atoms with Gasteiger partial charge in [0, 0.05) is 49.5 Å². The van der Waals surface area contributed by atoms with Crippen molar-refractivity contribution in [1.82, 2.24) is 24.8 Å². The van der Waals surface area contributed by atoms with Crippen molar-refractivity contribution in [1.29, 1.82) is 0 Å². The molecule has 1 amide bonds. The van der Waals surface area contributed by atoms with Gasteiger partial charge in [0.05, 0.1) is 5.52 Å². The first kappa shape index (κ1) is 26.7. The molecule has 0 saturated carbocycles. The number of amides is 1. The number of aromatic nitrogens is 3. The molecule has 2 heterocycles. The first-order valence-corrected chi connectivity index (χ1v) is 13.5. The molecule has 1 unspecified atom stereocenters. The summed E-state index contributed by atoms with van der Waals surface area (Å²) in [6.07, 6.45) is 1.70. The molecule has 0 N–H and O–H groups in total. The third kappa shape index (κ3) is 5.35. The predicted octanol–water partition coefficient (Wildman–Crippen LogP) is 5.36. The molecule has 3 aromatic carbocycles. The molecule has 1 aromatic heterocycles. The van der Waals surface area contributed by atoms with Crippen molar-refractivity contribution >= 4 is 22.6 Å². The average molecular weight is 527 g/mol. The normalized spacial score (nSPS) is 19.2. The Labute approximate surface area is 229 Å². The minimum absolute atomic E-state index is 0.134. The summed E-state index contributed by atoms with van der Waals surface area (Å²) in [5.74, 6) is -0.464. The van der Waals surface area contributed by atoms with Crippen LogP contribution in [0.25, 0.3) is 11.0 Å². The molecule has 5 rings (SSSR count). The van der Waals surface area contributed by atoms with Crippen LogP contribution in [0.3, 0.4) is 0 Å². The van der Waals surface area contributed by atoms with Gasteiger partial charge in [-0.15, -0.1) is 11.7 Å². The van der Waals surface area contributed by atoms with Gasteiger partial charge in [-0.2, -0.15) is 0 Å². The van der Waals surface area contributed by atoms with Crippen LogP contribution in [0.4, 0.5) is 10.1 Å². The van der Waals surface area contributed by atoms with Gasteiger partial charge in [-0.05, 0) is 74.9 Å². The van der Waals surface area contributed by atoms with Crippen molar-refractivity contribution in [3.63, 3.8) is 0 Å². The quantitative estimate of drug-likeness (QED) is 0.289. The molecule has 0 aliphatic carbocycles. The van der Waals surface area contributed by atoms with E-state index in [2.05, 4.69) is 46.6 Å². The standard InChI is InChI=1S/C31H35FN6O/c1-5-18-35-20-23(4)37(21-22(35)3)30(38-29-13-8-7-12-28(29)33-34-38)24-10-9-11-25(19-24)31(39)36(6-2)27-16-14-26(32)15-17-27/h5,7-17,19,22-23,30H,1,6,18,20-21H2,2-4H3/t22-,23+,30?/m1/s1. The van der Waals surface area contributed by atoms with E-state index in [1.54, 1.807) is 17.0 Å². The van der Waals surface area contributed by atoms with Gasteiger partial charge in [0.1, 0.15) is 17.5 Å². The molecule has 202 valence electrons. The van der Waals surface area contributed by atoms with Crippen molar-refractivity contribution in [2.75, 3.05) is 31.1 Å². The maximum absolute atomic E-state index is 13.7. The number of piperazine rings is 1. The number of halogens is 1. The van der Waals surface area contributed by atoms with Gasteiger partial charge in [-0.1, -0.05) is 35.6 Å². The molecule has 0 bridgehead atoms. The number of fused-ring (bicyclic) bond motifs is 1. The molecule has 8 heteroatoms. The number of carbonyl (C=O) groups is 1. The minimum Gasteiger partial charge on any atom is -0.309 e. The summed E-state index contributed by atoms with van der Waals surface area (Å²) < 4.78 is 15.5. The summed E-state index contributed by atoms with van der Waals surface area (Å²) in [6.45, 7) is 13.3. The summed E-state index contributed by atoms with van der Waals surface area (Å²) in [5, 5.41) is 9.06. The number of hydrogen-bond donors (Lipinski definition) is 0. The molecular weight excluding hydrogens is 491 g/mol. The number of para-hydroxylation sites is 1. The largest absolute Gasteiger partial charge is 0.309 e. The summed E-state index contributed by atoms with van der Waals surface area (Å²) in [6, 6.07) is 22.3. The lowest BCUT2D eigenvalue weighted by Gasteiger charge is -2.47. The second-order valence-electron chi connectivity index (χ2n) is 10.2. The lowest BCUT2D eigenvalue weighted by molar-refractivity contribution is 0.00786. The number of benzene rings is 3. The smallest absolute Gasteiger partial charge is 0.258 e. The Hall–Kier alpha value is -3.88. The van der Waals surface area contributed by atoms with E-state index in [1.165, 1.54) is 12.1 Å². The van der Waals surface area contributed by atoms with E-state index in [0.29, 0.717) is 23.8 Å². The van der Waals surface area contributed by atoms with Crippen LogP contribution in [0.15, 0.2) is 85.5 Å². The summed E-state index contributed by atoms with van der Waals surface area (Å²) in [4.78, 5) is 20.3. The van der Waals surface area contributed by atoms with E-state index in [9.17, 15) is 9.18 Å². The minimum atomic E-state index is -0.330. The molecule has 1 aliphatic heterocycles. The topological polar surface area (TPSA) is 57.5 Å². The Balaban J connectivity index is 1.56. The zero-order chi connectivity index (χ0) is 27.5. The summed E-state index contributed by atoms with van der Waals surface area (Å²) in [7, 11) is 0. The second-order valence-corrected chi connectivity index (χ2v) is 10.2. The number of carbonyl (C=O) groups excluding carboxylic acids is 1. The van der Waals surface area contributed by atoms with Gasteiger partial charge in [-0.3, -0.25) is 14.6 Å². The van der Waals surface area contributed by atoms with Gasteiger partial charge < -0.3 is 4.90 Å². The Morgan fingerprint density at radius 1 is 1.08 bits per heavy atom. The first-order chi connectivity index (χ1) is 18.9. The van der Waals surface area contributed by atoms with Crippen LogP contribution in [0.1, 0.15) is 42.9 Å². The number of anilines is 1. The highest BCUT2D eigenvalue weighted by molar-refractivity contribution is 6.06. The van der Waals surface area contributed by atoms with E-state index in [4.69, 9.17) is 0 Å². The van der Waals surface area contributed by atoms with Crippen LogP contribution in [0, 0.1) is 5.82 Å². The third-order valence-electron chi connectivity index (χ3n) is 7.58. The third-order valence-corrected chi connectivity index (χ3v) is 7.58. The van der Waals surface area contributed by atoms with Crippen LogP contribution in [0.2, 0.25) is 0 Å². The molecule has 1 aliphatic rings. The molecule has 7 nitrogen and oxygen atoms in total. The highest BCUT2D eigenvalue weighted by Gasteiger charge is 2.36. The van der Waals surface area contributed by atoms with Gasteiger partial charge in [-0.25, -0.2) is 9.07 Å². The maximum Gasteiger partial charge on any atom is 0.258 e. The predicted molar refractivity (Wildman–Crippen MR) is 153 cm³/mol. The Kier molecular flexibility index (Phi) is 7.86. The zero-order valence-electron chi connectivity index (χ0n) is 22.7. The van der Waals surface area contributed by atoms with Crippen molar-refractivity contribution in [2.24, 2.45) is 0 Å². The molecule has 1 saturated heterocycles. The maximum atomic E-state index is 13.7. The van der Waals surface area contributed by atoms with Gasteiger partial charge in [0.15, 0.2) is 0 Å². The number of hydrogen-bond acceptors (Lipinski definition) is 5. The first-order valence-electron chi connectivity index (χ1n) is 13.5. The molecule has 1 fully saturated rings. The molecule has 0 spiro atoms. The zero-order valence-corrected chi connectivity index (χ0v) is 22.7. The van der Waals surface area contributed by atoms with Crippen LogP contribution < -0.4 is 4.90 Å². The van der Waals surface area contributed by atoms with E-state index in [-0.39, 0.29) is 23.9 Å². The highest BCUT2D eigenvalue weighted by atomic mass is 19.1.